The number of hydrogen-bond donors (Lipinski definition) is 2. The van der Waals surface area contributed by atoms with Crippen molar-refractivity contribution < 1.29 is 24.2 Å². The molecule has 0 fully saturated rings. The molecule has 1 aliphatic heterocycles. The van der Waals surface area contributed by atoms with Crippen molar-refractivity contribution >= 4 is 17.6 Å². The normalized spacial score (nSPS) is 15.5. The van der Waals surface area contributed by atoms with Gasteiger partial charge in [-0.25, -0.2) is 5.01 Å². The Bertz CT molecular complexity index is 937. The topological polar surface area (TPSA) is 88.1 Å². The van der Waals surface area contributed by atoms with E-state index in [-0.39, 0.29) is 18.7 Å². The van der Waals surface area contributed by atoms with Crippen molar-refractivity contribution in [3.8, 4) is 11.5 Å². The van der Waals surface area contributed by atoms with Crippen LogP contribution < -0.4 is 14.9 Å². The monoisotopic (exact) mass is 396 g/mol. The van der Waals surface area contributed by atoms with Gasteiger partial charge in [-0.15, -0.1) is 0 Å². The summed E-state index contributed by atoms with van der Waals surface area (Å²) in [7, 11) is 3.14. The summed E-state index contributed by atoms with van der Waals surface area (Å²) in [5, 5.41) is 10.4. The molecule has 1 atom stereocenters. The van der Waals surface area contributed by atoms with E-state index in [1.165, 1.54) is 5.01 Å². The first-order valence-electron chi connectivity index (χ1n) is 9.24. The Morgan fingerprint density at radius 3 is 2.41 bits per heavy atom. The number of hydrazine groups is 1. The van der Waals surface area contributed by atoms with Crippen LogP contribution in [-0.2, 0) is 9.59 Å². The number of nitrogens with one attached hydrogen (secondary N) is 1. The molecule has 2 aromatic rings. The summed E-state index contributed by atoms with van der Waals surface area (Å²) in [6.45, 7) is 2.01. The number of carboxylic acids is 1. The highest BCUT2D eigenvalue weighted by Crippen LogP contribution is 2.38. The first-order chi connectivity index (χ1) is 13.9. The third-order valence-electron chi connectivity index (χ3n) is 4.78. The van der Waals surface area contributed by atoms with E-state index < -0.39 is 12.0 Å². The van der Waals surface area contributed by atoms with Gasteiger partial charge in [0.2, 0.25) is 5.91 Å². The number of benzene rings is 2. The van der Waals surface area contributed by atoms with Gasteiger partial charge in [0.25, 0.3) is 0 Å². The highest BCUT2D eigenvalue weighted by Gasteiger charge is 2.33. The van der Waals surface area contributed by atoms with Crippen molar-refractivity contribution in [3.05, 3.63) is 65.2 Å². The number of hydrogen-bond acceptors (Lipinski definition) is 5. The molecular formula is C22H24N2O5. The molecule has 0 unspecified atom stereocenters. The van der Waals surface area contributed by atoms with Gasteiger partial charge < -0.3 is 14.6 Å². The van der Waals surface area contributed by atoms with Gasteiger partial charge in [0.05, 0.1) is 26.3 Å². The highest BCUT2D eigenvalue weighted by molar-refractivity contribution is 5.84. The van der Waals surface area contributed by atoms with Gasteiger partial charge >= 0.3 is 5.97 Å². The lowest BCUT2D eigenvalue weighted by molar-refractivity contribution is -0.142. The number of carboxylic acid groups (broad SMARTS) is 1. The zero-order valence-corrected chi connectivity index (χ0v) is 16.6. The Morgan fingerprint density at radius 2 is 1.79 bits per heavy atom. The van der Waals surface area contributed by atoms with Crippen molar-refractivity contribution in [1.29, 1.82) is 0 Å². The Labute approximate surface area is 169 Å². The molecule has 29 heavy (non-hydrogen) atoms. The molecule has 7 heteroatoms. The van der Waals surface area contributed by atoms with Crippen molar-refractivity contribution in [1.82, 2.24) is 10.4 Å². The van der Waals surface area contributed by atoms with Crippen LogP contribution in [0.2, 0.25) is 0 Å². The maximum absolute atomic E-state index is 12.8. The molecule has 0 aromatic heterocycles. The fourth-order valence-corrected chi connectivity index (χ4v) is 3.21. The smallest absolute Gasteiger partial charge is 0.303 e. The van der Waals surface area contributed by atoms with E-state index in [4.69, 9.17) is 14.6 Å². The van der Waals surface area contributed by atoms with E-state index in [0.717, 1.165) is 22.4 Å². The van der Waals surface area contributed by atoms with Crippen LogP contribution in [0.25, 0.3) is 5.70 Å². The number of methoxy groups -OCH3 is 2. The summed E-state index contributed by atoms with van der Waals surface area (Å²) in [4.78, 5) is 23.7. The van der Waals surface area contributed by atoms with Gasteiger partial charge in [-0.1, -0.05) is 29.8 Å². The number of ether oxygens (including phenoxy) is 2. The average Bonchev–Trinajstić information content (AvgIpc) is 3.17. The zero-order chi connectivity index (χ0) is 21.0. The van der Waals surface area contributed by atoms with Gasteiger partial charge in [0.15, 0.2) is 0 Å². The predicted octanol–water partition coefficient (Wildman–Crippen LogP) is 3.31. The number of carbonyl (C=O) groups is 2. The van der Waals surface area contributed by atoms with Gasteiger partial charge in [-0.05, 0) is 36.8 Å². The molecule has 152 valence electrons. The van der Waals surface area contributed by atoms with E-state index in [1.807, 2.05) is 43.3 Å². The molecule has 0 saturated heterocycles. The van der Waals surface area contributed by atoms with E-state index in [2.05, 4.69) is 5.43 Å². The number of aliphatic carboxylic acids is 1. The number of carbonyl (C=O) groups excluding carboxylic acids is 1. The number of rotatable bonds is 7. The summed E-state index contributed by atoms with van der Waals surface area (Å²) in [5.41, 5.74) is 6.71. The largest absolute Gasteiger partial charge is 0.497 e. The standard InChI is InChI=1S/C22H24N2O5/c1-14-4-6-15(7-5-14)18-13-19(24(23-18)21(25)10-11-22(26)27)17-12-16(28-2)8-9-20(17)29-3/h4-9,12-13,19,23H,10-11H2,1-3H3,(H,26,27)/t19-/m0/s1. The van der Waals surface area contributed by atoms with Crippen molar-refractivity contribution in [2.75, 3.05) is 14.2 Å². The Hall–Kier alpha value is -3.48. The van der Waals surface area contributed by atoms with Crippen LogP contribution in [-0.4, -0.2) is 36.2 Å². The second-order valence-corrected chi connectivity index (χ2v) is 6.77. The Morgan fingerprint density at radius 1 is 1.07 bits per heavy atom. The molecule has 0 spiro atoms. The molecule has 1 heterocycles. The first kappa shape index (κ1) is 20.3. The molecule has 1 aliphatic rings. The van der Waals surface area contributed by atoms with Gasteiger partial charge in [-0.3, -0.25) is 15.0 Å². The SMILES string of the molecule is COc1ccc(OC)c([C@@H]2C=C(c3ccc(C)cc3)NN2C(=O)CCC(=O)O)c1. The first-order valence-corrected chi connectivity index (χ1v) is 9.24. The van der Waals surface area contributed by atoms with E-state index in [9.17, 15) is 9.59 Å². The average molecular weight is 396 g/mol. The Balaban J connectivity index is 2.01. The van der Waals surface area contributed by atoms with E-state index in [0.29, 0.717) is 11.5 Å². The summed E-state index contributed by atoms with van der Waals surface area (Å²) in [5.74, 6) is -0.0913. The molecule has 0 radical (unpaired) electrons. The predicted molar refractivity (Wildman–Crippen MR) is 108 cm³/mol. The maximum atomic E-state index is 12.8. The number of aryl methyl sites for hydroxylation is 1. The van der Waals surface area contributed by atoms with Crippen LogP contribution in [0.4, 0.5) is 0 Å². The quantitative estimate of drug-likeness (QED) is 0.747. The van der Waals surface area contributed by atoms with E-state index in [1.54, 1.807) is 26.4 Å². The third kappa shape index (κ3) is 4.51. The second-order valence-electron chi connectivity index (χ2n) is 6.77. The van der Waals surface area contributed by atoms with Crippen LogP contribution in [0.1, 0.15) is 35.6 Å². The van der Waals surface area contributed by atoms with Gasteiger partial charge in [0, 0.05) is 12.0 Å². The summed E-state index contributed by atoms with van der Waals surface area (Å²) >= 11 is 0. The minimum absolute atomic E-state index is 0.111. The molecule has 7 nitrogen and oxygen atoms in total. The highest BCUT2D eigenvalue weighted by atomic mass is 16.5. The van der Waals surface area contributed by atoms with Gasteiger partial charge in [-0.2, -0.15) is 0 Å². The molecule has 0 aliphatic carbocycles. The van der Waals surface area contributed by atoms with Crippen molar-refractivity contribution in [2.24, 2.45) is 0 Å². The van der Waals surface area contributed by atoms with Crippen LogP contribution in [0.3, 0.4) is 0 Å². The van der Waals surface area contributed by atoms with Crippen LogP contribution in [0, 0.1) is 6.92 Å². The molecule has 0 saturated carbocycles. The molecule has 1 amide bonds. The number of amides is 1. The molecule has 2 aromatic carbocycles. The molecular weight excluding hydrogens is 372 g/mol. The maximum Gasteiger partial charge on any atom is 0.303 e. The fraction of sp³-hybridized carbons (Fsp3) is 0.273. The van der Waals surface area contributed by atoms with Crippen LogP contribution >= 0.6 is 0 Å². The fourth-order valence-electron chi connectivity index (χ4n) is 3.21. The van der Waals surface area contributed by atoms with Crippen molar-refractivity contribution in [2.45, 2.75) is 25.8 Å². The minimum Gasteiger partial charge on any atom is -0.497 e. The zero-order valence-electron chi connectivity index (χ0n) is 16.6. The van der Waals surface area contributed by atoms with E-state index >= 15 is 0 Å². The Kier molecular flexibility index (Phi) is 6.07. The lowest BCUT2D eigenvalue weighted by Crippen LogP contribution is -2.39. The molecule has 3 rings (SSSR count). The summed E-state index contributed by atoms with van der Waals surface area (Å²) in [6, 6.07) is 12.8. The lowest BCUT2D eigenvalue weighted by Gasteiger charge is -2.26. The lowest BCUT2D eigenvalue weighted by atomic mass is 10.0. The minimum atomic E-state index is -1.01. The number of nitrogens with zero attached hydrogens (tertiary/aromatic N) is 1. The molecule has 0 bridgehead atoms. The second kappa shape index (κ2) is 8.68. The third-order valence-corrected chi connectivity index (χ3v) is 4.78. The summed E-state index contributed by atoms with van der Waals surface area (Å²) < 4.78 is 10.8. The summed E-state index contributed by atoms with van der Waals surface area (Å²) in [6.07, 6.45) is 1.58. The van der Waals surface area contributed by atoms with Gasteiger partial charge in [0.1, 0.15) is 17.5 Å². The van der Waals surface area contributed by atoms with Crippen molar-refractivity contribution in [3.63, 3.8) is 0 Å². The van der Waals surface area contributed by atoms with Crippen LogP contribution in [0.15, 0.2) is 48.5 Å². The molecule has 2 N–H and O–H groups in total. The van der Waals surface area contributed by atoms with Crippen LogP contribution in [0.5, 0.6) is 11.5 Å².